The standard InChI is InChI=1S/C19H30FN5O2/c1-4-14-17(20)18(22-13-21-14)25-9-6-15(26)19(12-25)7-5-8-24(11-19)16(27)10-23(2)3/h13,15,26H,4-12H2,1-3H3/t15-,19+/m1/s1. The number of aryl methyl sites for hydroxylation is 1. The van der Waals surface area contributed by atoms with Gasteiger partial charge in [0.1, 0.15) is 6.33 Å². The Bertz CT molecular complexity index is 686. The van der Waals surface area contributed by atoms with E-state index in [1.807, 2.05) is 35.7 Å². The number of hydrogen-bond acceptors (Lipinski definition) is 6. The van der Waals surface area contributed by atoms with Crippen molar-refractivity contribution in [3.63, 3.8) is 0 Å². The van der Waals surface area contributed by atoms with Gasteiger partial charge in [0.2, 0.25) is 5.91 Å². The predicted octanol–water partition coefficient (Wildman–Crippen LogP) is 0.920. The van der Waals surface area contributed by atoms with Crippen molar-refractivity contribution in [3.05, 3.63) is 17.8 Å². The van der Waals surface area contributed by atoms with Gasteiger partial charge in [-0.2, -0.15) is 0 Å². The zero-order valence-electron chi connectivity index (χ0n) is 16.5. The fourth-order valence-corrected chi connectivity index (χ4v) is 4.34. The van der Waals surface area contributed by atoms with Crippen molar-refractivity contribution < 1.29 is 14.3 Å². The number of likely N-dealkylation sites (N-methyl/N-ethyl adjacent to an activating group) is 1. The van der Waals surface area contributed by atoms with Crippen LogP contribution in [0.5, 0.6) is 0 Å². The first-order chi connectivity index (χ1) is 12.9. The molecule has 1 aromatic rings. The van der Waals surface area contributed by atoms with Crippen molar-refractivity contribution in [1.29, 1.82) is 0 Å². The van der Waals surface area contributed by atoms with Crippen molar-refractivity contribution >= 4 is 11.7 Å². The lowest BCUT2D eigenvalue weighted by atomic mass is 9.71. The number of anilines is 1. The molecule has 8 heteroatoms. The van der Waals surface area contributed by atoms with Crippen LogP contribution in [0.4, 0.5) is 10.2 Å². The van der Waals surface area contributed by atoms with Crippen molar-refractivity contribution in [2.24, 2.45) is 5.41 Å². The molecule has 0 saturated carbocycles. The molecule has 1 N–H and O–H groups in total. The van der Waals surface area contributed by atoms with Crippen LogP contribution < -0.4 is 4.90 Å². The van der Waals surface area contributed by atoms with E-state index in [9.17, 15) is 14.3 Å². The van der Waals surface area contributed by atoms with Crippen LogP contribution >= 0.6 is 0 Å². The number of rotatable bonds is 4. The molecule has 3 rings (SSSR count). The summed E-state index contributed by atoms with van der Waals surface area (Å²) >= 11 is 0. The molecule has 27 heavy (non-hydrogen) atoms. The van der Waals surface area contributed by atoms with Crippen LogP contribution in [0.3, 0.4) is 0 Å². The van der Waals surface area contributed by atoms with Gasteiger partial charge in [0, 0.05) is 31.6 Å². The van der Waals surface area contributed by atoms with E-state index < -0.39 is 11.5 Å². The van der Waals surface area contributed by atoms with Gasteiger partial charge in [0.15, 0.2) is 11.6 Å². The van der Waals surface area contributed by atoms with Gasteiger partial charge in [-0.25, -0.2) is 14.4 Å². The van der Waals surface area contributed by atoms with E-state index in [-0.39, 0.29) is 11.7 Å². The fourth-order valence-electron chi connectivity index (χ4n) is 4.34. The zero-order valence-corrected chi connectivity index (χ0v) is 16.5. The van der Waals surface area contributed by atoms with Crippen molar-refractivity contribution in [2.45, 2.75) is 38.7 Å². The van der Waals surface area contributed by atoms with Crippen molar-refractivity contribution in [2.75, 3.05) is 51.7 Å². The Balaban J connectivity index is 1.81. The van der Waals surface area contributed by atoms with Crippen molar-refractivity contribution in [3.8, 4) is 0 Å². The van der Waals surface area contributed by atoms with Crippen LogP contribution in [-0.4, -0.2) is 83.7 Å². The molecule has 0 bridgehead atoms. The van der Waals surface area contributed by atoms with Gasteiger partial charge in [-0.05, 0) is 39.8 Å². The minimum atomic E-state index is -0.501. The third kappa shape index (κ3) is 4.06. The minimum absolute atomic E-state index is 0.0740. The minimum Gasteiger partial charge on any atom is -0.392 e. The number of piperidine rings is 2. The quantitative estimate of drug-likeness (QED) is 0.839. The van der Waals surface area contributed by atoms with E-state index in [2.05, 4.69) is 9.97 Å². The van der Waals surface area contributed by atoms with Gasteiger partial charge in [-0.1, -0.05) is 6.92 Å². The summed E-state index contributed by atoms with van der Waals surface area (Å²) in [6.07, 6.45) is 3.62. The van der Waals surface area contributed by atoms with Gasteiger partial charge in [0.05, 0.1) is 18.3 Å². The predicted molar refractivity (Wildman–Crippen MR) is 101 cm³/mol. The molecule has 7 nitrogen and oxygen atoms in total. The number of carbonyl (C=O) groups excluding carboxylic acids is 1. The van der Waals surface area contributed by atoms with Crippen molar-refractivity contribution in [1.82, 2.24) is 19.8 Å². The van der Waals surface area contributed by atoms with Gasteiger partial charge < -0.3 is 19.8 Å². The second-order valence-corrected chi connectivity index (χ2v) is 8.06. The van der Waals surface area contributed by atoms with Crippen LogP contribution in [0, 0.1) is 11.2 Å². The number of likely N-dealkylation sites (tertiary alicyclic amines) is 1. The summed E-state index contributed by atoms with van der Waals surface area (Å²) in [5.74, 6) is 0.0117. The second-order valence-electron chi connectivity index (χ2n) is 8.06. The van der Waals surface area contributed by atoms with Crippen LogP contribution in [0.2, 0.25) is 0 Å². The third-order valence-electron chi connectivity index (χ3n) is 5.78. The molecule has 0 radical (unpaired) electrons. The summed E-state index contributed by atoms with van der Waals surface area (Å²) in [7, 11) is 3.75. The lowest BCUT2D eigenvalue weighted by molar-refractivity contribution is -0.138. The average molecular weight is 379 g/mol. The summed E-state index contributed by atoms with van der Waals surface area (Å²) in [6, 6.07) is 0. The number of aromatic nitrogens is 2. The molecule has 150 valence electrons. The largest absolute Gasteiger partial charge is 0.392 e. The summed E-state index contributed by atoms with van der Waals surface area (Å²) < 4.78 is 14.8. The van der Waals surface area contributed by atoms with E-state index >= 15 is 0 Å². The van der Waals surface area contributed by atoms with E-state index in [0.717, 1.165) is 12.8 Å². The highest BCUT2D eigenvalue weighted by Gasteiger charge is 2.47. The number of carbonyl (C=O) groups is 1. The molecule has 0 unspecified atom stereocenters. The number of aliphatic hydroxyl groups excluding tert-OH is 1. The maximum atomic E-state index is 14.8. The molecular weight excluding hydrogens is 349 g/mol. The number of hydrogen-bond donors (Lipinski definition) is 1. The smallest absolute Gasteiger partial charge is 0.236 e. The van der Waals surface area contributed by atoms with E-state index in [1.165, 1.54) is 6.33 Å². The Hall–Kier alpha value is -1.80. The summed E-state index contributed by atoms with van der Waals surface area (Å²) in [5.41, 5.74) is -0.0333. The molecule has 0 aromatic carbocycles. The Kier molecular flexibility index (Phi) is 5.95. The summed E-state index contributed by atoms with van der Waals surface area (Å²) in [5, 5.41) is 10.8. The maximum absolute atomic E-state index is 14.8. The third-order valence-corrected chi connectivity index (χ3v) is 5.78. The summed E-state index contributed by atoms with van der Waals surface area (Å²) in [4.78, 5) is 26.4. The number of amides is 1. The van der Waals surface area contributed by atoms with Crippen LogP contribution in [0.25, 0.3) is 0 Å². The molecule has 2 aliphatic heterocycles. The molecule has 2 atom stereocenters. The number of halogens is 1. The first kappa shape index (κ1) is 19.9. The fraction of sp³-hybridized carbons (Fsp3) is 0.737. The molecule has 1 spiro atoms. The van der Waals surface area contributed by atoms with Crippen LogP contribution in [0.15, 0.2) is 6.33 Å². The number of nitrogens with zero attached hydrogens (tertiary/aromatic N) is 5. The lowest BCUT2D eigenvalue weighted by Crippen LogP contribution is -2.60. The Morgan fingerprint density at radius 3 is 2.85 bits per heavy atom. The van der Waals surface area contributed by atoms with Gasteiger partial charge in [-0.3, -0.25) is 4.79 Å². The SMILES string of the molecule is CCc1ncnc(N2CC[C@@H](O)[C@]3(CCCN(C(=O)CN(C)C)C3)C2)c1F. The maximum Gasteiger partial charge on any atom is 0.236 e. The molecule has 2 fully saturated rings. The molecule has 1 aromatic heterocycles. The highest BCUT2D eigenvalue weighted by atomic mass is 19.1. The lowest BCUT2D eigenvalue weighted by Gasteiger charge is -2.51. The molecule has 2 saturated heterocycles. The van der Waals surface area contributed by atoms with Gasteiger partial charge in [-0.15, -0.1) is 0 Å². The molecule has 2 aliphatic rings. The summed E-state index contributed by atoms with van der Waals surface area (Å²) in [6.45, 7) is 4.48. The second kappa shape index (κ2) is 8.06. The topological polar surface area (TPSA) is 72.8 Å². The van der Waals surface area contributed by atoms with E-state index in [1.54, 1.807) is 0 Å². The monoisotopic (exact) mass is 379 g/mol. The van der Waals surface area contributed by atoms with E-state index in [4.69, 9.17) is 0 Å². The van der Waals surface area contributed by atoms with Gasteiger partial charge in [0.25, 0.3) is 0 Å². The Morgan fingerprint density at radius 1 is 1.37 bits per heavy atom. The zero-order chi connectivity index (χ0) is 19.6. The molecule has 3 heterocycles. The van der Waals surface area contributed by atoms with Crippen LogP contribution in [-0.2, 0) is 11.2 Å². The Morgan fingerprint density at radius 2 is 2.15 bits per heavy atom. The molecule has 0 aliphatic carbocycles. The number of aliphatic hydroxyl groups is 1. The van der Waals surface area contributed by atoms with Crippen LogP contribution in [0.1, 0.15) is 31.9 Å². The molecule has 1 amide bonds. The van der Waals surface area contributed by atoms with Gasteiger partial charge >= 0.3 is 0 Å². The highest BCUT2D eigenvalue weighted by Crippen LogP contribution is 2.40. The normalized spacial score (nSPS) is 26.1. The average Bonchev–Trinajstić information content (AvgIpc) is 2.64. The Labute approximate surface area is 160 Å². The first-order valence-corrected chi connectivity index (χ1v) is 9.71. The first-order valence-electron chi connectivity index (χ1n) is 9.71. The van der Waals surface area contributed by atoms with E-state index in [0.29, 0.717) is 57.1 Å². The highest BCUT2D eigenvalue weighted by molar-refractivity contribution is 5.78. The molecular formula is C19H30FN5O2.